The Bertz CT molecular complexity index is 1150. The molecule has 0 fully saturated rings. The van der Waals surface area contributed by atoms with Crippen LogP contribution in [0.5, 0.6) is 0 Å². The predicted octanol–water partition coefficient (Wildman–Crippen LogP) is 4.47. The minimum absolute atomic E-state index is 0.172. The number of carbonyl (C=O) groups excluding carboxylic acids is 1. The van der Waals surface area contributed by atoms with Gasteiger partial charge in [0.1, 0.15) is 0 Å². The maximum absolute atomic E-state index is 13.8. The number of benzene rings is 2. The Kier molecular flexibility index (Phi) is 5.36. The molecular formula is C20H17F2NO3S2. The Morgan fingerprint density at radius 2 is 1.54 bits per heavy atom. The molecule has 0 atom stereocenters. The Labute approximate surface area is 166 Å². The van der Waals surface area contributed by atoms with Gasteiger partial charge >= 0.3 is 0 Å². The van der Waals surface area contributed by atoms with Crippen LogP contribution >= 0.6 is 11.3 Å². The van der Waals surface area contributed by atoms with Crippen molar-refractivity contribution >= 4 is 27.1 Å². The average Bonchev–Trinajstić information content (AvgIpc) is 3.08. The molecule has 0 radical (unpaired) electrons. The molecule has 0 saturated carbocycles. The smallest absolute Gasteiger partial charge is 0.263 e. The first-order valence-corrected chi connectivity index (χ1v) is 10.9. The lowest BCUT2D eigenvalue weighted by Gasteiger charge is -2.07. The zero-order valence-electron chi connectivity index (χ0n) is 15.4. The molecule has 0 aliphatic rings. The van der Waals surface area contributed by atoms with E-state index in [1.54, 1.807) is 32.3 Å². The molecule has 0 saturated heterocycles. The number of nitrogens with zero attached hydrogens (tertiary/aromatic N) is 1. The molecule has 4 nitrogen and oxygen atoms in total. The molecule has 3 rings (SSSR count). The molecule has 1 aromatic heterocycles. The summed E-state index contributed by atoms with van der Waals surface area (Å²) in [5.41, 5.74) is 1.74. The van der Waals surface area contributed by atoms with E-state index in [2.05, 4.69) is 0 Å². The van der Waals surface area contributed by atoms with Crippen molar-refractivity contribution in [1.29, 1.82) is 0 Å². The van der Waals surface area contributed by atoms with Crippen molar-refractivity contribution < 1.29 is 22.0 Å². The van der Waals surface area contributed by atoms with Gasteiger partial charge in [0.2, 0.25) is 0 Å². The van der Waals surface area contributed by atoms with Crippen LogP contribution in [0.2, 0.25) is 0 Å². The summed E-state index contributed by atoms with van der Waals surface area (Å²) in [6.45, 7) is 0. The van der Waals surface area contributed by atoms with Gasteiger partial charge in [-0.1, -0.05) is 18.2 Å². The Balaban J connectivity index is 2.18. The molecule has 0 spiro atoms. The van der Waals surface area contributed by atoms with Crippen LogP contribution in [-0.2, 0) is 9.84 Å². The third kappa shape index (κ3) is 3.98. The monoisotopic (exact) mass is 421 g/mol. The van der Waals surface area contributed by atoms with E-state index in [0.717, 1.165) is 18.4 Å². The number of carbonyl (C=O) groups is 1. The summed E-state index contributed by atoms with van der Waals surface area (Å²) >= 11 is 1.17. The quantitative estimate of drug-likeness (QED) is 0.625. The van der Waals surface area contributed by atoms with Crippen LogP contribution in [0.15, 0.2) is 53.4 Å². The normalized spacial score (nSPS) is 11.5. The molecule has 146 valence electrons. The summed E-state index contributed by atoms with van der Waals surface area (Å²) in [5.74, 6) is -2.15. The fourth-order valence-corrected chi connectivity index (χ4v) is 4.49. The van der Waals surface area contributed by atoms with Crippen molar-refractivity contribution in [1.82, 2.24) is 4.90 Å². The number of amides is 1. The standard InChI is InChI=1S/C20H17F2NO3S2/c1-23(2)20(24)18-11-15(12-4-7-14(8-5-12)28(3,25)26)19(27-18)13-6-9-16(21)17(22)10-13/h4-11H,1-3H3. The van der Waals surface area contributed by atoms with Crippen LogP contribution in [0, 0.1) is 11.6 Å². The number of rotatable bonds is 4. The van der Waals surface area contributed by atoms with Crippen molar-refractivity contribution in [2.75, 3.05) is 20.4 Å². The molecule has 0 bridgehead atoms. The highest BCUT2D eigenvalue weighted by Crippen LogP contribution is 2.40. The molecule has 8 heteroatoms. The zero-order chi connectivity index (χ0) is 20.6. The van der Waals surface area contributed by atoms with Crippen molar-refractivity contribution in [3.05, 3.63) is 65.0 Å². The van der Waals surface area contributed by atoms with Gasteiger partial charge in [-0.05, 0) is 41.5 Å². The summed E-state index contributed by atoms with van der Waals surface area (Å²) < 4.78 is 50.5. The van der Waals surface area contributed by atoms with Crippen LogP contribution < -0.4 is 0 Å². The van der Waals surface area contributed by atoms with Crippen LogP contribution in [0.1, 0.15) is 9.67 Å². The third-order valence-electron chi connectivity index (χ3n) is 4.12. The number of hydrogen-bond donors (Lipinski definition) is 0. The Morgan fingerprint density at radius 3 is 2.07 bits per heavy atom. The van der Waals surface area contributed by atoms with Crippen molar-refractivity contribution in [2.45, 2.75) is 4.90 Å². The highest BCUT2D eigenvalue weighted by atomic mass is 32.2. The van der Waals surface area contributed by atoms with E-state index >= 15 is 0 Å². The van der Waals surface area contributed by atoms with Gasteiger partial charge in [0.05, 0.1) is 9.77 Å². The minimum Gasteiger partial charge on any atom is -0.344 e. The molecule has 1 amide bonds. The lowest BCUT2D eigenvalue weighted by Crippen LogP contribution is -2.20. The lowest BCUT2D eigenvalue weighted by atomic mass is 10.0. The van der Waals surface area contributed by atoms with Gasteiger partial charge in [-0.3, -0.25) is 4.79 Å². The second-order valence-electron chi connectivity index (χ2n) is 6.48. The molecule has 0 aliphatic heterocycles. The summed E-state index contributed by atoms with van der Waals surface area (Å²) in [6.07, 6.45) is 1.12. The summed E-state index contributed by atoms with van der Waals surface area (Å²) in [4.78, 5) is 15.0. The second-order valence-corrected chi connectivity index (χ2v) is 9.55. The highest BCUT2D eigenvalue weighted by molar-refractivity contribution is 7.90. The number of sulfone groups is 1. The fourth-order valence-electron chi connectivity index (χ4n) is 2.66. The van der Waals surface area contributed by atoms with E-state index in [4.69, 9.17) is 0 Å². The third-order valence-corrected chi connectivity index (χ3v) is 6.42. The first-order valence-electron chi connectivity index (χ1n) is 8.19. The van der Waals surface area contributed by atoms with E-state index in [-0.39, 0.29) is 10.8 Å². The van der Waals surface area contributed by atoms with Crippen LogP contribution in [0.25, 0.3) is 21.6 Å². The predicted molar refractivity (Wildman–Crippen MR) is 106 cm³/mol. The zero-order valence-corrected chi connectivity index (χ0v) is 17.0. The van der Waals surface area contributed by atoms with Crippen LogP contribution in [0.3, 0.4) is 0 Å². The summed E-state index contributed by atoms with van der Waals surface area (Å²) in [7, 11) is -0.0936. The van der Waals surface area contributed by atoms with Gasteiger partial charge < -0.3 is 4.90 Å². The molecule has 0 aliphatic carbocycles. The first kappa shape index (κ1) is 20.2. The summed E-state index contributed by atoms with van der Waals surface area (Å²) in [6, 6.07) is 11.5. The molecular weight excluding hydrogens is 404 g/mol. The van der Waals surface area contributed by atoms with Crippen molar-refractivity contribution in [2.24, 2.45) is 0 Å². The fraction of sp³-hybridized carbons (Fsp3) is 0.150. The number of halogens is 2. The van der Waals surface area contributed by atoms with Gasteiger partial charge in [0.15, 0.2) is 21.5 Å². The summed E-state index contributed by atoms with van der Waals surface area (Å²) in [5, 5.41) is 0. The van der Waals surface area contributed by atoms with E-state index in [9.17, 15) is 22.0 Å². The van der Waals surface area contributed by atoms with Crippen molar-refractivity contribution in [3.8, 4) is 21.6 Å². The molecule has 0 unspecified atom stereocenters. The minimum atomic E-state index is -3.34. The maximum Gasteiger partial charge on any atom is 0.263 e. The van der Waals surface area contributed by atoms with Gasteiger partial charge in [0.25, 0.3) is 5.91 Å². The number of thiophene rings is 1. The Hall–Kier alpha value is -2.58. The van der Waals surface area contributed by atoms with Gasteiger partial charge in [-0.25, -0.2) is 17.2 Å². The van der Waals surface area contributed by atoms with Crippen LogP contribution in [0.4, 0.5) is 8.78 Å². The molecule has 1 heterocycles. The van der Waals surface area contributed by atoms with Crippen LogP contribution in [-0.4, -0.2) is 39.6 Å². The van der Waals surface area contributed by atoms with Gasteiger partial charge in [-0.2, -0.15) is 0 Å². The van der Waals surface area contributed by atoms with Gasteiger partial charge in [-0.15, -0.1) is 11.3 Å². The van der Waals surface area contributed by atoms with E-state index in [1.165, 1.54) is 34.4 Å². The van der Waals surface area contributed by atoms with E-state index in [1.807, 2.05) is 0 Å². The first-order chi connectivity index (χ1) is 13.1. The van der Waals surface area contributed by atoms with E-state index in [0.29, 0.717) is 26.4 Å². The van der Waals surface area contributed by atoms with Gasteiger partial charge in [0, 0.05) is 30.8 Å². The van der Waals surface area contributed by atoms with Crippen molar-refractivity contribution in [3.63, 3.8) is 0 Å². The number of hydrogen-bond acceptors (Lipinski definition) is 4. The molecule has 28 heavy (non-hydrogen) atoms. The second kappa shape index (κ2) is 7.44. The SMILES string of the molecule is CN(C)C(=O)c1cc(-c2ccc(S(C)(=O)=O)cc2)c(-c2ccc(F)c(F)c2)s1. The average molecular weight is 421 g/mol. The lowest BCUT2D eigenvalue weighted by molar-refractivity contribution is 0.0832. The topological polar surface area (TPSA) is 54.5 Å². The molecule has 0 N–H and O–H groups in total. The molecule has 3 aromatic rings. The highest BCUT2D eigenvalue weighted by Gasteiger charge is 2.20. The largest absolute Gasteiger partial charge is 0.344 e. The Morgan fingerprint density at radius 1 is 0.929 bits per heavy atom. The molecule has 2 aromatic carbocycles. The maximum atomic E-state index is 13.8. The van der Waals surface area contributed by atoms with E-state index < -0.39 is 21.5 Å².